The van der Waals surface area contributed by atoms with E-state index < -0.39 is 17.6 Å². The van der Waals surface area contributed by atoms with Crippen molar-refractivity contribution in [1.29, 1.82) is 0 Å². The third-order valence-corrected chi connectivity index (χ3v) is 1.65. The van der Waals surface area contributed by atoms with Crippen molar-refractivity contribution < 1.29 is 13.2 Å². The van der Waals surface area contributed by atoms with E-state index in [1.165, 1.54) is 0 Å². The number of rotatable bonds is 0. The number of hydrogen-bond donors (Lipinski definition) is 1. The molecule has 0 amide bonds. The Kier molecular flexibility index (Phi) is 1.92. The Labute approximate surface area is 80.0 Å². The Balaban J connectivity index is 2.73. The van der Waals surface area contributed by atoms with Gasteiger partial charge in [0.25, 0.3) is 5.56 Å². The summed E-state index contributed by atoms with van der Waals surface area (Å²) < 4.78 is 36.5. The highest BCUT2D eigenvalue weighted by Crippen LogP contribution is 2.25. The highest BCUT2D eigenvalue weighted by Gasteiger charge is 2.34. The van der Waals surface area contributed by atoms with Crippen molar-refractivity contribution in [1.82, 2.24) is 19.9 Å². The summed E-state index contributed by atoms with van der Waals surface area (Å²) in [6.45, 7) is 0. The van der Waals surface area contributed by atoms with Crippen LogP contribution in [0.5, 0.6) is 0 Å². The largest absolute Gasteiger partial charge is 0.451 e. The van der Waals surface area contributed by atoms with E-state index >= 15 is 0 Å². The van der Waals surface area contributed by atoms with Gasteiger partial charge in [0, 0.05) is 6.20 Å². The molecule has 0 radical (unpaired) electrons. The molecule has 15 heavy (non-hydrogen) atoms. The molecule has 78 valence electrons. The summed E-state index contributed by atoms with van der Waals surface area (Å²) in [6, 6.07) is 0. The molecular weight excluding hydrogens is 213 g/mol. The zero-order chi connectivity index (χ0) is 11.1. The van der Waals surface area contributed by atoms with Crippen LogP contribution in [0.4, 0.5) is 13.2 Å². The number of alkyl halides is 3. The van der Waals surface area contributed by atoms with Crippen LogP contribution in [0.3, 0.4) is 0 Å². The van der Waals surface area contributed by atoms with Gasteiger partial charge in [0.05, 0.1) is 6.33 Å². The standard InChI is InChI=1S/C7H3F3N4O/c8-7(9,10)6-11-1-3-4(14-6)12-2-13-5(3)15/h1-2H,(H,11,12,13,14,15). The summed E-state index contributed by atoms with van der Waals surface area (Å²) in [5.74, 6) is -1.31. The van der Waals surface area contributed by atoms with E-state index in [1.807, 2.05) is 0 Å². The molecule has 2 rings (SSSR count). The number of nitrogens with one attached hydrogen (secondary N) is 1. The Hall–Kier alpha value is -1.99. The zero-order valence-electron chi connectivity index (χ0n) is 7.04. The van der Waals surface area contributed by atoms with E-state index in [2.05, 4.69) is 19.9 Å². The van der Waals surface area contributed by atoms with Gasteiger partial charge in [0.1, 0.15) is 5.39 Å². The predicted octanol–water partition coefficient (Wildman–Crippen LogP) is 0.732. The normalized spacial score (nSPS) is 11.9. The Morgan fingerprint density at radius 1 is 1.27 bits per heavy atom. The summed E-state index contributed by atoms with van der Waals surface area (Å²) >= 11 is 0. The molecule has 0 aromatic carbocycles. The molecule has 0 saturated heterocycles. The first-order chi connectivity index (χ1) is 6.98. The molecule has 0 aliphatic heterocycles. The van der Waals surface area contributed by atoms with Gasteiger partial charge in [-0.3, -0.25) is 4.79 Å². The molecule has 0 aliphatic carbocycles. The fourth-order valence-electron chi connectivity index (χ4n) is 0.998. The van der Waals surface area contributed by atoms with Crippen LogP contribution in [-0.2, 0) is 6.18 Å². The summed E-state index contributed by atoms with van der Waals surface area (Å²) in [7, 11) is 0. The summed E-state index contributed by atoms with van der Waals surface area (Å²) in [5, 5.41) is -0.0782. The minimum Gasteiger partial charge on any atom is -0.312 e. The van der Waals surface area contributed by atoms with E-state index in [9.17, 15) is 18.0 Å². The van der Waals surface area contributed by atoms with Gasteiger partial charge in [0.15, 0.2) is 5.65 Å². The number of halogens is 3. The summed E-state index contributed by atoms with van der Waals surface area (Å²) in [4.78, 5) is 23.0. The molecule has 0 saturated carbocycles. The fraction of sp³-hybridized carbons (Fsp3) is 0.143. The van der Waals surface area contributed by atoms with Crippen LogP contribution >= 0.6 is 0 Å². The molecule has 8 heteroatoms. The molecule has 0 fully saturated rings. The second-order valence-corrected chi connectivity index (χ2v) is 2.66. The molecule has 0 aliphatic rings. The minimum atomic E-state index is -4.64. The molecule has 0 spiro atoms. The van der Waals surface area contributed by atoms with E-state index in [1.54, 1.807) is 0 Å². The van der Waals surface area contributed by atoms with E-state index in [4.69, 9.17) is 0 Å². The van der Waals surface area contributed by atoms with Gasteiger partial charge in [-0.05, 0) is 0 Å². The average molecular weight is 216 g/mol. The first-order valence-corrected chi connectivity index (χ1v) is 3.76. The van der Waals surface area contributed by atoms with Crippen molar-refractivity contribution in [3.63, 3.8) is 0 Å². The number of fused-ring (bicyclic) bond motifs is 1. The molecule has 0 bridgehead atoms. The Morgan fingerprint density at radius 3 is 2.67 bits per heavy atom. The van der Waals surface area contributed by atoms with Crippen molar-refractivity contribution in [2.24, 2.45) is 0 Å². The van der Waals surface area contributed by atoms with Crippen LogP contribution in [0.15, 0.2) is 17.3 Å². The van der Waals surface area contributed by atoms with Gasteiger partial charge in [-0.25, -0.2) is 15.0 Å². The second-order valence-electron chi connectivity index (χ2n) is 2.66. The van der Waals surface area contributed by atoms with E-state index in [0.29, 0.717) is 0 Å². The lowest BCUT2D eigenvalue weighted by atomic mass is 10.4. The van der Waals surface area contributed by atoms with Crippen molar-refractivity contribution in [3.05, 3.63) is 28.7 Å². The fourth-order valence-corrected chi connectivity index (χ4v) is 0.998. The minimum absolute atomic E-state index is 0.0782. The molecule has 2 heterocycles. The van der Waals surface area contributed by atoms with Crippen molar-refractivity contribution in [3.8, 4) is 0 Å². The number of H-pyrrole nitrogens is 1. The molecule has 5 nitrogen and oxygen atoms in total. The Bertz CT molecular complexity index is 562. The summed E-state index contributed by atoms with van der Waals surface area (Å²) in [5.41, 5.74) is -0.852. The van der Waals surface area contributed by atoms with E-state index in [0.717, 1.165) is 12.5 Å². The van der Waals surface area contributed by atoms with Crippen molar-refractivity contribution in [2.45, 2.75) is 6.18 Å². The maximum absolute atomic E-state index is 12.2. The van der Waals surface area contributed by atoms with Crippen LogP contribution in [-0.4, -0.2) is 19.9 Å². The predicted molar refractivity (Wildman–Crippen MR) is 43.0 cm³/mol. The second kappa shape index (κ2) is 3.01. The quantitative estimate of drug-likeness (QED) is 0.704. The smallest absolute Gasteiger partial charge is 0.312 e. The summed E-state index contributed by atoms with van der Waals surface area (Å²) in [6.07, 6.45) is -2.85. The van der Waals surface area contributed by atoms with Gasteiger partial charge in [-0.1, -0.05) is 0 Å². The average Bonchev–Trinajstić information content (AvgIpc) is 2.16. The zero-order valence-corrected chi connectivity index (χ0v) is 7.04. The van der Waals surface area contributed by atoms with Crippen LogP contribution in [0.25, 0.3) is 11.0 Å². The van der Waals surface area contributed by atoms with Gasteiger partial charge >= 0.3 is 6.18 Å². The monoisotopic (exact) mass is 216 g/mol. The van der Waals surface area contributed by atoms with E-state index in [-0.39, 0.29) is 11.0 Å². The molecule has 2 aromatic heterocycles. The van der Waals surface area contributed by atoms with Crippen LogP contribution < -0.4 is 5.56 Å². The Morgan fingerprint density at radius 2 is 2.00 bits per heavy atom. The first kappa shape index (κ1) is 9.56. The van der Waals surface area contributed by atoms with Crippen LogP contribution in [0, 0.1) is 0 Å². The highest BCUT2D eigenvalue weighted by atomic mass is 19.4. The van der Waals surface area contributed by atoms with Crippen LogP contribution in [0.2, 0.25) is 0 Å². The first-order valence-electron chi connectivity index (χ1n) is 3.76. The molecule has 0 atom stereocenters. The third-order valence-electron chi connectivity index (χ3n) is 1.65. The SMILES string of the molecule is O=c1[nH]cnc2nc(C(F)(F)F)ncc12. The maximum atomic E-state index is 12.2. The van der Waals surface area contributed by atoms with Crippen molar-refractivity contribution >= 4 is 11.0 Å². The lowest BCUT2D eigenvalue weighted by molar-refractivity contribution is -0.144. The highest BCUT2D eigenvalue weighted by molar-refractivity contribution is 5.71. The topological polar surface area (TPSA) is 71.5 Å². The lowest BCUT2D eigenvalue weighted by Gasteiger charge is -2.03. The van der Waals surface area contributed by atoms with Gasteiger partial charge in [0.2, 0.25) is 5.82 Å². The molecular formula is C7H3F3N4O. The molecule has 1 N–H and O–H groups in total. The lowest BCUT2D eigenvalue weighted by Crippen LogP contribution is -2.14. The number of hydrogen-bond acceptors (Lipinski definition) is 4. The van der Waals surface area contributed by atoms with Gasteiger partial charge < -0.3 is 4.98 Å². The molecule has 2 aromatic rings. The maximum Gasteiger partial charge on any atom is 0.451 e. The third kappa shape index (κ3) is 1.65. The molecule has 0 unspecified atom stereocenters. The number of nitrogens with zero attached hydrogens (tertiary/aromatic N) is 3. The van der Waals surface area contributed by atoms with Crippen molar-refractivity contribution in [2.75, 3.05) is 0 Å². The van der Waals surface area contributed by atoms with Crippen LogP contribution in [0.1, 0.15) is 5.82 Å². The number of aromatic amines is 1. The van der Waals surface area contributed by atoms with Gasteiger partial charge in [-0.2, -0.15) is 13.2 Å². The van der Waals surface area contributed by atoms with Gasteiger partial charge in [-0.15, -0.1) is 0 Å². The number of aromatic nitrogens is 4.